The quantitative estimate of drug-likeness (QED) is 0.299. The summed E-state index contributed by atoms with van der Waals surface area (Å²) in [6.07, 6.45) is 1.22. The summed E-state index contributed by atoms with van der Waals surface area (Å²) in [7, 11) is 0. The van der Waals surface area contributed by atoms with Gasteiger partial charge in [0.15, 0.2) is 6.61 Å². The van der Waals surface area contributed by atoms with Crippen LogP contribution in [-0.2, 0) is 25.6 Å². The Morgan fingerprint density at radius 3 is 2.87 bits per heavy atom. The minimum atomic E-state index is -0.578. The molecule has 0 aromatic carbocycles. The Bertz CT molecular complexity index is 999. The number of hydrogen-bond acceptors (Lipinski definition) is 12. The van der Waals surface area contributed by atoms with Crippen LogP contribution in [0.3, 0.4) is 0 Å². The number of aromatic nitrogens is 3. The molecular weight excluding hydrogens is 472 g/mol. The number of thiazole rings is 1. The molecule has 0 spiro atoms. The van der Waals surface area contributed by atoms with Crippen LogP contribution in [0.2, 0.25) is 5.15 Å². The monoisotopic (exact) mass is 490 g/mol. The van der Waals surface area contributed by atoms with Gasteiger partial charge in [-0.15, -0.1) is 4.37 Å². The number of halogens is 1. The number of carbonyl (C=O) groups is 2. The highest BCUT2D eigenvalue weighted by atomic mass is 35.5. The lowest BCUT2D eigenvalue weighted by atomic mass is 10.4. The lowest BCUT2D eigenvalue weighted by molar-refractivity contribution is -0.143. The van der Waals surface area contributed by atoms with Crippen LogP contribution >= 0.6 is 34.7 Å². The molecule has 31 heavy (non-hydrogen) atoms. The van der Waals surface area contributed by atoms with Gasteiger partial charge in [0.1, 0.15) is 11.7 Å². The van der Waals surface area contributed by atoms with E-state index < -0.39 is 16.7 Å². The summed E-state index contributed by atoms with van der Waals surface area (Å²) in [4.78, 5) is 37.4. The van der Waals surface area contributed by atoms with E-state index >= 15 is 0 Å². The molecule has 1 fully saturated rings. The van der Waals surface area contributed by atoms with Crippen LogP contribution in [0.25, 0.3) is 0 Å². The lowest BCUT2D eigenvalue weighted by Crippen LogP contribution is -2.36. The summed E-state index contributed by atoms with van der Waals surface area (Å²) in [6.45, 7) is 3.73. The van der Waals surface area contributed by atoms with Crippen LogP contribution in [-0.4, -0.2) is 70.9 Å². The number of rotatable bonds is 9. The summed E-state index contributed by atoms with van der Waals surface area (Å²) < 4.78 is 24.9. The van der Waals surface area contributed by atoms with Crippen molar-refractivity contribution in [2.24, 2.45) is 5.10 Å². The van der Waals surface area contributed by atoms with Crippen molar-refractivity contribution >= 4 is 58.6 Å². The van der Waals surface area contributed by atoms with Crippen molar-refractivity contribution < 1.29 is 23.8 Å². The summed E-state index contributed by atoms with van der Waals surface area (Å²) in [5.74, 6) is -0.273. The van der Waals surface area contributed by atoms with Gasteiger partial charge in [-0.3, -0.25) is 19.0 Å². The fourth-order valence-electron chi connectivity index (χ4n) is 2.52. The average Bonchev–Trinajstić information content (AvgIpc) is 3.33. The van der Waals surface area contributed by atoms with Gasteiger partial charge < -0.3 is 19.1 Å². The Hall–Kier alpha value is -2.55. The smallest absolute Gasteiger partial charge is 0.326 e. The summed E-state index contributed by atoms with van der Waals surface area (Å²) in [5.41, 5.74) is 2.28. The normalized spacial score (nSPS) is 14.1. The second kappa shape index (κ2) is 11.2. The van der Waals surface area contributed by atoms with Crippen molar-refractivity contribution in [2.75, 3.05) is 44.4 Å². The third-order valence-electron chi connectivity index (χ3n) is 3.91. The Kier molecular flexibility index (Phi) is 8.34. The molecule has 1 N–H and O–H groups in total. The first-order valence-corrected chi connectivity index (χ1v) is 11.1. The van der Waals surface area contributed by atoms with E-state index in [0.717, 1.165) is 27.6 Å². The molecule has 1 amide bonds. The molecule has 1 saturated heterocycles. The van der Waals surface area contributed by atoms with E-state index in [2.05, 4.69) is 19.3 Å². The maximum Gasteiger partial charge on any atom is 0.326 e. The number of ether oxygens (including phenoxy) is 3. The van der Waals surface area contributed by atoms with Crippen molar-refractivity contribution in [3.05, 3.63) is 19.7 Å². The molecule has 0 unspecified atom stereocenters. The van der Waals surface area contributed by atoms with E-state index in [1.165, 1.54) is 6.21 Å². The van der Waals surface area contributed by atoms with E-state index in [1.807, 2.05) is 4.90 Å². The molecule has 168 valence electrons. The van der Waals surface area contributed by atoms with Gasteiger partial charge in [0.2, 0.25) is 5.82 Å². The van der Waals surface area contributed by atoms with Crippen LogP contribution in [0.1, 0.15) is 11.8 Å². The van der Waals surface area contributed by atoms with Crippen molar-refractivity contribution in [1.82, 2.24) is 18.7 Å². The van der Waals surface area contributed by atoms with E-state index in [-0.39, 0.29) is 35.7 Å². The first-order valence-electron chi connectivity index (χ1n) is 9.14. The van der Waals surface area contributed by atoms with Crippen molar-refractivity contribution in [3.63, 3.8) is 0 Å². The minimum absolute atomic E-state index is 0.0287. The summed E-state index contributed by atoms with van der Waals surface area (Å²) >= 11 is 7.90. The molecule has 0 atom stereocenters. The molecule has 1 aliphatic heterocycles. The van der Waals surface area contributed by atoms with E-state index in [4.69, 9.17) is 25.8 Å². The van der Waals surface area contributed by atoms with Crippen LogP contribution in [0.15, 0.2) is 9.90 Å². The topological polar surface area (TPSA) is 137 Å². The van der Waals surface area contributed by atoms with Gasteiger partial charge in [0.25, 0.3) is 11.8 Å². The Morgan fingerprint density at radius 2 is 2.13 bits per heavy atom. The van der Waals surface area contributed by atoms with Gasteiger partial charge in [-0.1, -0.05) is 22.9 Å². The van der Waals surface area contributed by atoms with Gasteiger partial charge in [-0.2, -0.15) is 9.47 Å². The first kappa shape index (κ1) is 23.1. The average molecular weight is 491 g/mol. The van der Waals surface area contributed by atoms with Crippen molar-refractivity contribution in [2.45, 2.75) is 13.5 Å². The van der Waals surface area contributed by atoms with E-state index in [0.29, 0.717) is 32.1 Å². The number of esters is 1. The third kappa shape index (κ3) is 6.22. The fraction of sp³-hybridized carbons (Fsp3) is 0.500. The van der Waals surface area contributed by atoms with Gasteiger partial charge in [-0.05, 0) is 6.92 Å². The van der Waals surface area contributed by atoms with Crippen LogP contribution in [0, 0.1) is 0 Å². The molecule has 3 heterocycles. The summed E-state index contributed by atoms with van der Waals surface area (Å²) in [6, 6.07) is 0. The molecule has 2 aromatic heterocycles. The zero-order chi connectivity index (χ0) is 22.2. The highest BCUT2D eigenvalue weighted by molar-refractivity contribution is 7.11. The van der Waals surface area contributed by atoms with Gasteiger partial charge >= 0.3 is 10.8 Å². The first-order chi connectivity index (χ1) is 15.0. The largest absolute Gasteiger partial charge is 0.465 e. The van der Waals surface area contributed by atoms with Crippen molar-refractivity contribution in [1.29, 1.82) is 0 Å². The zero-order valence-corrected chi connectivity index (χ0v) is 18.8. The fourth-order valence-corrected chi connectivity index (χ4v) is 4.14. The Labute approximate surface area is 189 Å². The molecule has 0 saturated carbocycles. The number of hydrogen-bond donors (Lipinski definition) is 1. The molecule has 3 rings (SSSR count). The summed E-state index contributed by atoms with van der Waals surface area (Å²) in [5, 5.41) is 3.81. The Balaban J connectivity index is 1.52. The molecular formula is C16H19ClN6O6S2. The number of morpholine rings is 1. The SMILES string of the molecule is CCOC(=O)Cn1c(Cl)c(/C=N\NC(=O)COc2nsnc2N2CCOCC2)sc1=O. The van der Waals surface area contributed by atoms with Crippen LogP contribution in [0.4, 0.5) is 5.82 Å². The van der Waals surface area contributed by atoms with Crippen LogP contribution < -0.4 is 19.9 Å². The molecule has 12 nitrogen and oxygen atoms in total. The maximum atomic E-state index is 12.0. The number of amides is 1. The highest BCUT2D eigenvalue weighted by Crippen LogP contribution is 2.26. The van der Waals surface area contributed by atoms with Crippen LogP contribution in [0.5, 0.6) is 5.88 Å². The van der Waals surface area contributed by atoms with E-state index in [9.17, 15) is 14.4 Å². The number of anilines is 1. The molecule has 2 aromatic rings. The molecule has 0 radical (unpaired) electrons. The predicted molar refractivity (Wildman–Crippen MR) is 114 cm³/mol. The molecule has 1 aliphatic rings. The number of nitrogens with one attached hydrogen (secondary N) is 1. The third-order valence-corrected chi connectivity index (χ3v) is 5.85. The van der Waals surface area contributed by atoms with Gasteiger partial charge in [0, 0.05) is 13.1 Å². The number of nitrogens with zero attached hydrogens (tertiary/aromatic N) is 5. The zero-order valence-electron chi connectivity index (χ0n) is 16.4. The molecule has 0 aliphatic carbocycles. The predicted octanol–water partition coefficient (Wildman–Crippen LogP) is 0.343. The standard InChI is InChI=1S/C16H19ClN6O6S2/c1-2-28-12(25)8-23-13(17)10(30-16(23)26)7-18-19-11(24)9-29-15-14(20-31-21-15)22-3-5-27-6-4-22/h7H,2-6,8-9H2,1H3,(H,19,24)/b18-7-. The number of carbonyl (C=O) groups excluding carboxylic acids is 2. The van der Waals surface area contributed by atoms with Gasteiger partial charge in [-0.25, -0.2) is 5.43 Å². The molecule has 15 heteroatoms. The van der Waals surface area contributed by atoms with E-state index in [1.54, 1.807) is 6.92 Å². The second-order valence-corrected chi connectivity index (χ2v) is 7.87. The maximum absolute atomic E-state index is 12.0. The van der Waals surface area contributed by atoms with Gasteiger partial charge in [0.05, 0.1) is 42.6 Å². The lowest BCUT2D eigenvalue weighted by Gasteiger charge is -2.26. The van der Waals surface area contributed by atoms with Crippen molar-refractivity contribution in [3.8, 4) is 5.88 Å². The molecule has 0 bridgehead atoms. The minimum Gasteiger partial charge on any atom is -0.465 e. The Morgan fingerprint density at radius 1 is 1.35 bits per heavy atom. The highest BCUT2D eigenvalue weighted by Gasteiger charge is 2.20. The second-order valence-electron chi connectivity index (χ2n) is 5.99. The number of hydrazone groups is 1.